The van der Waals surface area contributed by atoms with Crippen LogP contribution in [0.2, 0.25) is 0 Å². The zero-order chi connectivity index (χ0) is 19.0. The SMILES string of the molecule is CCCCCCCCCCCCCCCCC([NH3+])(CC)S(=O)(=O)OC.[CH3-]. The molecule has 5 heteroatoms. The zero-order valence-electron chi connectivity index (χ0n) is 18.2. The summed E-state index contributed by atoms with van der Waals surface area (Å²) in [6.45, 7) is 4.13. The van der Waals surface area contributed by atoms with Gasteiger partial charge >= 0.3 is 10.1 Å². The normalized spacial score (nSPS) is 14.0. The van der Waals surface area contributed by atoms with Crippen molar-refractivity contribution in [1.29, 1.82) is 0 Å². The molecule has 0 rings (SSSR count). The third kappa shape index (κ3) is 12.3. The highest BCUT2D eigenvalue weighted by atomic mass is 32.2. The molecule has 0 aliphatic rings. The second-order valence-corrected chi connectivity index (χ2v) is 9.61. The van der Waals surface area contributed by atoms with Crippen molar-refractivity contribution in [1.82, 2.24) is 0 Å². The van der Waals surface area contributed by atoms with Crippen LogP contribution >= 0.6 is 0 Å². The van der Waals surface area contributed by atoms with Crippen LogP contribution in [0.1, 0.15) is 117 Å². The van der Waals surface area contributed by atoms with Crippen molar-refractivity contribution in [2.75, 3.05) is 7.11 Å². The van der Waals surface area contributed by atoms with E-state index < -0.39 is 15.0 Å². The predicted molar refractivity (Wildman–Crippen MR) is 113 cm³/mol. The maximum atomic E-state index is 11.9. The summed E-state index contributed by atoms with van der Waals surface area (Å²) in [6.07, 6.45) is 19.4. The molecule has 0 aromatic rings. The molecule has 1 atom stereocenters. The van der Waals surface area contributed by atoms with Crippen LogP contribution in [-0.4, -0.2) is 20.4 Å². The van der Waals surface area contributed by atoms with Crippen LogP contribution in [0.25, 0.3) is 0 Å². The van der Waals surface area contributed by atoms with E-state index in [1.54, 1.807) is 0 Å². The van der Waals surface area contributed by atoms with Gasteiger partial charge in [-0.25, -0.2) is 0 Å². The quantitative estimate of drug-likeness (QED) is 0.186. The summed E-state index contributed by atoms with van der Waals surface area (Å²) in [5, 5.41) is 0. The van der Waals surface area contributed by atoms with Crippen molar-refractivity contribution in [3.63, 3.8) is 0 Å². The van der Waals surface area contributed by atoms with E-state index >= 15 is 0 Å². The largest absolute Gasteiger partial charge is 0.358 e. The van der Waals surface area contributed by atoms with E-state index in [4.69, 9.17) is 0 Å². The summed E-state index contributed by atoms with van der Waals surface area (Å²) in [5.74, 6) is 0. The van der Waals surface area contributed by atoms with Crippen LogP contribution in [0.4, 0.5) is 0 Å². The maximum Gasteiger partial charge on any atom is 0.324 e. The summed E-state index contributed by atoms with van der Waals surface area (Å²) >= 11 is 0. The Hall–Kier alpha value is -0.130. The lowest BCUT2D eigenvalue weighted by Crippen LogP contribution is -2.76. The zero-order valence-corrected chi connectivity index (χ0v) is 19.0. The van der Waals surface area contributed by atoms with E-state index in [2.05, 4.69) is 16.8 Å². The molecule has 0 aromatic carbocycles. The monoisotopic (exact) mass is 393 g/mol. The Morgan fingerprint density at radius 3 is 1.38 bits per heavy atom. The smallest absolute Gasteiger partial charge is 0.324 e. The van der Waals surface area contributed by atoms with Crippen LogP contribution in [0.5, 0.6) is 0 Å². The van der Waals surface area contributed by atoms with Gasteiger partial charge in [0.2, 0.25) is 4.87 Å². The van der Waals surface area contributed by atoms with E-state index in [0.717, 1.165) is 12.8 Å². The Kier molecular flexibility index (Phi) is 18.4. The second-order valence-electron chi connectivity index (χ2n) is 7.50. The van der Waals surface area contributed by atoms with Crippen LogP contribution in [0, 0.1) is 7.43 Å². The average Bonchev–Trinajstić information content (AvgIpc) is 2.61. The molecule has 0 heterocycles. The molecule has 0 aliphatic heterocycles. The minimum Gasteiger partial charge on any atom is -0.358 e. The number of hydrogen-bond donors (Lipinski definition) is 1. The first kappa shape index (κ1) is 28.1. The Labute approximate surface area is 164 Å². The minimum atomic E-state index is -3.54. The maximum absolute atomic E-state index is 11.9. The summed E-state index contributed by atoms with van der Waals surface area (Å²) in [7, 11) is -2.31. The lowest BCUT2D eigenvalue weighted by Gasteiger charge is -2.22. The Morgan fingerprint density at radius 2 is 1.08 bits per heavy atom. The lowest BCUT2D eigenvalue weighted by molar-refractivity contribution is -0.446. The molecule has 0 amide bonds. The molecule has 160 valence electrons. The van der Waals surface area contributed by atoms with Crippen molar-refractivity contribution in [3.05, 3.63) is 7.43 Å². The van der Waals surface area contributed by atoms with Gasteiger partial charge in [-0.2, -0.15) is 8.42 Å². The molecule has 0 aromatic heterocycles. The van der Waals surface area contributed by atoms with Gasteiger partial charge in [-0.1, -0.05) is 97.3 Å². The fourth-order valence-corrected chi connectivity index (χ4v) is 4.40. The molecule has 0 aliphatic carbocycles. The molecule has 0 bridgehead atoms. The van der Waals surface area contributed by atoms with Crippen molar-refractivity contribution < 1.29 is 18.3 Å². The molecular formula is C21H47NO3S. The molecule has 0 spiro atoms. The Balaban J connectivity index is 0. The molecule has 0 saturated carbocycles. The standard InChI is InChI=1S/C20H43NO3S.CH3/c1-4-6-7-8-9-10-11-12-13-14-15-16-17-18-19-20(21,5-2)25(22,23)24-3;/h4-19,21H2,1-3H3;1H3/q;-1/p+1. The molecule has 0 radical (unpaired) electrons. The number of rotatable bonds is 18. The molecule has 0 fully saturated rings. The fourth-order valence-electron chi connectivity index (χ4n) is 3.30. The van der Waals surface area contributed by atoms with Crippen LogP contribution in [0.15, 0.2) is 0 Å². The highest BCUT2D eigenvalue weighted by Crippen LogP contribution is 2.22. The Morgan fingerprint density at radius 1 is 0.731 bits per heavy atom. The van der Waals surface area contributed by atoms with Crippen LogP contribution in [0.3, 0.4) is 0 Å². The van der Waals surface area contributed by atoms with E-state index in [-0.39, 0.29) is 7.43 Å². The van der Waals surface area contributed by atoms with Gasteiger partial charge in [0.15, 0.2) is 0 Å². The van der Waals surface area contributed by atoms with Crippen molar-refractivity contribution >= 4 is 10.1 Å². The first-order valence-corrected chi connectivity index (χ1v) is 12.0. The van der Waals surface area contributed by atoms with Crippen molar-refractivity contribution in [2.24, 2.45) is 0 Å². The van der Waals surface area contributed by atoms with Gasteiger partial charge in [0.25, 0.3) is 0 Å². The molecular weight excluding hydrogens is 346 g/mol. The van der Waals surface area contributed by atoms with Gasteiger partial charge < -0.3 is 13.2 Å². The summed E-state index contributed by atoms with van der Waals surface area (Å²) in [4.78, 5) is -0.973. The average molecular weight is 394 g/mol. The predicted octanol–water partition coefficient (Wildman–Crippen LogP) is 5.63. The van der Waals surface area contributed by atoms with E-state index in [0.29, 0.717) is 12.8 Å². The third-order valence-corrected chi connectivity index (χ3v) is 7.37. The topological polar surface area (TPSA) is 71.0 Å². The van der Waals surface area contributed by atoms with Gasteiger partial charge in [-0.15, -0.1) is 0 Å². The van der Waals surface area contributed by atoms with Gasteiger partial charge in [0, 0.05) is 12.8 Å². The molecule has 4 nitrogen and oxygen atoms in total. The van der Waals surface area contributed by atoms with E-state index in [1.807, 2.05) is 6.92 Å². The fraction of sp³-hybridized carbons (Fsp3) is 0.952. The van der Waals surface area contributed by atoms with Crippen LogP contribution < -0.4 is 5.73 Å². The highest BCUT2D eigenvalue weighted by molar-refractivity contribution is 7.87. The highest BCUT2D eigenvalue weighted by Gasteiger charge is 2.42. The second kappa shape index (κ2) is 17.0. The first-order chi connectivity index (χ1) is 11.9. The molecule has 3 N–H and O–H groups in total. The minimum absolute atomic E-state index is 0. The van der Waals surface area contributed by atoms with Gasteiger partial charge in [-0.3, -0.25) is 4.18 Å². The van der Waals surface area contributed by atoms with E-state index in [9.17, 15) is 8.42 Å². The summed E-state index contributed by atoms with van der Waals surface area (Å²) < 4.78 is 28.5. The van der Waals surface area contributed by atoms with Crippen molar-refractivity contribution in [3.8, 4) is 0 Å². The molecule has 26 heavy (non-hydrogen) atoms. The third-order valence-electron chi connectivity index (χ3n) is 5.38. The number of hydrogen-bond acceptors (Lipinski definition) is 3. The summed E-state index contributed by atoms with van der Waals surface area (Å²) in [5.41, 5.74) is 3.92. The van der Waals surface area contributed by atoms with Gasteiger partial charge in [-0.05, 0) is 6.42 Å². The Bertz CT molecular complexity index is 398. The van der Waals surface area contributed by atoms with Gasteiger partial charge in [0.05, 0.1) is 7.11 Å². The first-order valence-electron chi connectivity index (χ1n) is 10.6. The van der Waals surface area contributed by atoms with E-state index in [1.165, 1.54) is 84.2 Å². The van der Waals surface area contributed by atoms with Crippen molar-refractivity contribution in [2.45, 2.75) is 121 Å². The van der Waals surface area contributed by atoms with Crippen LogP contribution in [-0.2, 0) is 14.3 Å². The molecule has 1 unspecified atom stereocenters. The number of quaternary nitrogens is 1. The summed E-state index contributed by atoms with van der Waals surface area (Å²) in [6, 6.07) is 0. The number of unbranched alkanes of at least 4 members (excludes halogenated alkanes) is 13. The molecule has 0 saturated heterocycles. The van der Waals surface area contributed by atoms with Gasteiger partial charge in [0.1, 0.15) is 0 Å². The lowest BCUT2D eigenvalue weighted by atomic mass is 10.0.